The lowest BCUT2D eigenvalue weighted by molar-refractivity contribution is 0.0923. The van der Waals surface area contributed by atoms with E-state index in [-0.39, 0.29) is 22.9 Å². The van der Waals surface area contributed by atoms with Crippen LogP contribution in [0.3, 0.4) is 0 Å². The average molecular weight is 340 g/mol. The zero-order valence-corrected chi connectivity index (χ0v) is 14.5. The molecule has 0 saturated carbocycles. The Kier molecular flexibility index (Phi) is 5.60. The van der Waals surface area contributed by atoms with Gasteiger partial charge in [0.2, 0.25) is 0 Å². The molecule has 0 bridgehead atoms. The lowest BCUT2D eigenvalue weighted by Gasteiger charge is -2.34. The van der Waals surface area contributed by atoms with Gasteiger partial charge in [-0.25, -0.2) is 0 Å². The Labute approximate surface area is 147 Å². The third-order valence-electron chi connectivity index (χ3n) is 4.66. The van der Waals surface area contributed by atoms with Crippen molar-refractivity contribution < 1.29 is 4.79 Å². The number of carbonyl (C=O) groups excluding carboxylic acids is 1. The number of pyridine rings is 2. The van der Waals surface area contributed by atoms with E-state index in [1.165, 1.54) is 31.5 Å². The summed E-state index contributed by atoms with van der Waals surface area (Å²) in [5.41, 5.74) is 1.71. The number of piperidine rings is 1. The third-order valence-corrected chi connectivity index (χ3v) is 4.66. The molecule has 2 N–H and O–H groups in total. The third kappa shape index (κ3) is 4.33. The molecule has 1 aliphatic heterocycles. The fourth-order valence-electron chi connectivity index (χ4n) is 3.30. The quantitative estimate of drug-likeness (QED) is 0.873. The predicted octanol–water partition coefficient (Wildman–Crippen LogP) is 2.04. The molecule has 3 rings (SSSR count). The van der Waals surface area contributed by atoms with Crippen LogP contribution in [0.15, 0.2) is 41.6 Å². The highest BCUT2D eigenvalue weighted by atomic mass is 16.2. The highest BCUT2D eigenvalue weighted by Gasteiger charge is 2.23. The highest BCUT2D eigenvalue weighted by molar-refractivity contribution is 5.93. The molecule has 25 heavy (non-hydrogen) atoms. The lowest BCUT2D eigenvalue weighted by Crippen LogP contribution is -2.41. The number of nitrogens with zero attached hydrogens (tertiary/aromatic N) is 2. The Morgan fingerprint density at radius 1 is 1.36 bits per heavy atom. The molecule has 0 aromatic carbocycles. The second kappa shape index (κ2) is 8.07. The maximum Gasteiger partial charge on any atom is 0.256 e. The minimum absolute atomic E-state index is 0.0717. The van der Waals surface area contributed by atoms with Gasteiger partial charge in [0.05, 0.1) is 6.04 Å². The fraction of sp³-hybridized carbons (Fsp3) is 0.421. The molecular formula is C19H24N4O2. The standard InChI is InChI=1S/C19H24N4O2/c1-14-10-18(24)16(12-21-14)19(25)22-13-17(15-6-5-7-20-11-15)23-8-3-2-4-9-23/h5-7,10-12,17H,2-4,8-9,13H2,1H3,(H,21,24)(H,22,25)/t17-/m1/s1. The van der Waals surface area contributed by atoms with Crippen molar-refractivity contribution >= 4 is 5.91 Å². The molecular weight excluding hydrogens is 316 g/mol. The predicted molar refractivity (Wildman–Crippen MR) is 96.5 cm³/mol. The Balaban J connectivity index is 1.74. The van der Waals surface area contributed by atoms with Crippen molar-refractivity contribution in [3.63, 3.8) is 0 Å². The highest BCUT2D eigenvalue weighted by Crippen LogP contribution is 2.23. The van der Waals surface area contributed by atoms with Crippen LogP contribution in [0, 0.1) is 6.92 Å². The maximum atomic E-state index is 12.4. The number of amides is 1. The van der Waals surface area contributed by atoms with Gasteiger partial charge in [0.15, 0.2) is 5.43 Å². The molecule has 0 aliphatic carbocycles. The molecule has 3 heterocycles. The first-order valence-corrected chi connectivity index (χ1v) is 8.76. The number of likely N-dealkylation sites (tertiary alicyclic amines) is 1. The van der Waals surface area contributed by atoms with E-state index < -0.39 is 0 Å². The van der Waals surface area contributed by atoms with Crippen LogP contribution in [0.25, 0.3) is 0 Å². The maximum absolute atomic E-state index is 12.4. The lowest BCUT2D eigenvalue weighted by atomic mass is 10.0. The van der Waals surface area contributed by atoms with Crippen molar-refractivity contribution in [1.82, 2.24) is 20.2 Å². The van der Waals surface area contributed by atoms with Crippen LogP contribution >= 0.6 is 0 Å². The Bertz CT molecular complexity index is 766. The van der Waals surface area contributed by atoms with Gasteiger partial charge in [0.25, 0.3) is 5.91 Å². The van der Waals surface area contributed by atoms with Crippen molar-refractivity contribution in [2.24, 2.45) is 0 Å². The van der Waals surface area contributed by atoms with E-state index in [0.717, 1.165) is 24.3 Å². The summed E-state index contributed by atoms with van der Waals surface area (Å²) in [5.74, 6) is -0.341. The van der Waals surface area contributed by atoms with E-state index in [9.17, 15) is 9.59 Å². The van der Waals surface area contributed by atoms with Gasteiger partial charge in [-0.15, -0.1) is 0 Å². The van der Waals surface area contributed by atoms with Gasteiger partial charge in [-0.1, -0.05) is 12.5 Å². The largest absolute Gasteiger partial charge is 0.364 e. The first-order valence-electron chi connectivity index (χ1n) is 8.76. The van der Waals surface area contributed by atoms with Crippen LogP contribution in [0.4, 0.5) is 0 Å². The van der Waals surface area contributed by atoms with Crippen LogP contribution in [0.5, 0.6) is 0 Å². The van der Waals surface area contributed by atoms with Crippen molar-refractivity contribution in [3.8, 4) is 0 Å². The molecule has 6 nitrogen and oxygen atoms in total. The second-order valence-corrected chi connectivity index (χ2v) is 6.50. The normalized spacial score (nSPS) is 16.4. The summed E-state index contributed by atoms with van der Waals surface area (Å²) >= 11 is 0. The summed E-state index contributed by atoms with van der Waals surface area (Å²) in [6.45, 7) is 4.27. The Morgan fingerprint density at radius 2 is 2.16 bits per heavy atom. The summed E-state index contributed by atoms with van der Waals surface area (Å²) in [5, 5.41) is 2.93. The summed E-state index contributed by atoms with van der Waals surface area (Å²) in [6.07, 6.45) is 8.67. The molecule has 2 aromatic heterocycles. The molecule has 132 valence electrons. The molecule has 0 spiro atoms. The summed E-state index contributed by atoms with van der Waals surface area (Å²) < 4.78 is 0. The van der Waals surface area contributed by atoms with E-state index in [4.69, 9.17) is 0 Å². The van der Waals surface area contributed by atoms with Gasteiger partial charge in [0.1, 0.15) is 5.56 Å². The number of rotatable bonds is 5. The van der Waals surface area contributed by atoms with E-state index in [1.54, 1.807) is 13.1 Å². The first-order chi connectivity index (χ1) is 12.1. The van der Waals surface area contributed by atoms with Crippen LogP contribution in [-0.2, 0) is 0 Å². The van der Waals surface area contributed by atoms with Gasteiger partial charge < -0.3 is 10.3 Å². The van der Waals surface area contributed by atoms with E-state index in [0.29, 0.717) is 6.54 Å². The zero-order chi connectivity index (χ0) is 17.6. The Hall–Kier alpha value is -2.47. The molecule has 1 atom stereocenters. The number of aromatic nitrogens is 2. The molecule has 6 heteroatoms. The number of H-pyrrole nitrogens is 1. The summed E-state index contributed by atoms with van der Waals surface area (Å²) in [4.78, 5) is 34.0. The molecule has 1 amide bonds. The van der Waals surface area contributed by atoms with Crippen molar-refractivity contribution in [2.75, 3.05) is 19.6 Å². The molecule has 1 fully saturated rings. The first kappa shape index (κ1) is 17.4. The zero-order valence-electron chi connectivity index (χ0n) is 14.5. The van der Waals surface area contributed by atoms with Crippen molar-refractivity contribution in [1.29, 1.82) is 0 Å². The van der Waals surface area contributed by atoms with Crippen LogP contribution < -0.4 is 10.7 Å². The smallest absolute Gasteiger partial charge is 0.256 e. The summed E-state index contributed by atoms with van der Waals surface area (Å²) in [6, 6.07) is 5.47. The van der Waals surface area contributed by atoms with Crippen LogP contribution in [0.1, 0.15) is 46.9 Å². The van der Waals surface area contributed by atoms with Gasteiger partial charge in [0, 0.05) is 36.9 Å². The van der Waals surface area contributed by atoms with E-state index in [2.05, 4.69) is 20.2 Å². The van der Waals surface area contributed by atoms with Gasteiger partial charge in [-0.3, -0.25) is 19.5 Å². The number of hydrogen-bond acceptors (Lipinski definition) is 4. The van der Waals surface area contributed by atoms with Gasteiger partial charge in [-0.05, 0) is 44.5 Å². The number of hydrogen-bond donors (Lipinski definition) is 2. The molecule has 1 aliphatic rings. The van der Waals surface area contributed by atoms with E-state index >= 15 is 0 Å². The van der Waals surface area contributed by atoms with Crippen molar-refractivity contribution in [2.45, 2.75) is 32.2 Å². The van der Waals surface area contributed by atoms with Gasteiger partial charge >= 0.3 is 0 Å². The number of nitrogens with one attached hydrogen (secondary N) is 2. The molecule has 1 saturated heterocycles. The number of aromatic amines is 1. The van der Waals surface area contributed by atoms with Gasteiger partial charge in [-0.2, -0.15) is 0 Å². The molecule has 0 radical (unpaired) electrons. The number of carbonyl (C=O) groups is 1. The molecule has 0 unspecified atom stereocenters. The second-order valence-electron chi connectivity index (χ2n) is 6.50. The van der Waals surface area contributed by atoms with Crippen LogP contribution in [-0.4, -0.2) is 40.4 Å². The minimum Gasteiger partial charge on any atom is -0.364 e. The van der Waals surface area contributed by atoms with E-state index in [1.807, 2.05) is 18.3 Å². The minimum atomic E-state index is -0.341. The monoisotopic (exact) mass is 340 g/mol. The topological polar surface area (TPSA) is 78.1 Å². The fourth-order valence-corrected chi connectivity index (χ4v) is 3.30. The summed E-state index contributed by atoms with van der Waals surface area (Å²) in [7, 11) is 0. The van der Waals surface area contributed by atoms with Crippen LogP contribution in [0.2, 0.25) is 0 Å². The van der Waals surface area contributed by atoms with Crippen molar-refractivity contribution in [3.05, 3.63) is 63.8 Å². The Morgan fingerprint density at radius 3 is 2.84 bits per heavy atom. The molecule has 2 aromatic rings. The SMILES string of the molecule is Cc1cc(=O)c(C(=O)NC[C@H](c2cccnc2)N2CCCCC2)c[nH]1. The average Bonchev–Trinajstić information content (AvgIpc) is 2.63. The number of aryl methyl sites for hydroxylation is 1.